The summed E-state index contributed by atoms with van der Waals surface area (Å²) in [6.07, 6.45) is 0.0471. The Morgan fingerprint density at radius 2 is 1.87 bits per heavy atom. The van der Waals surface area contributed by atoms with Gasteiger partial charge >= 0.3 is 0 Å². The van der Waals surface area contributed by atoms with E-state index in [1.807, 2.05) is 35.8 Å². The van der Waals surface area contributed by atoms with E-state index in [4.69, 9.17) is 29.5 Å². The molecule has 0 saturated carbocycles. The Hall–Kier alpha value is -4.15. The van der Waals surface area contributed by atoms with Gasteiger partial charge in [0.15, 0.2) is 17.3 Å². The second-order valence-electron chi connectivity index (χ2n) is 8.75. The molecule has 196 valence electrons. The molecule has 8 nitrogen and oxygen atoms in total. The average molecular weight is 559 g/mol. The van der Waals surface area contributed by atoms with Gasteiger partial charge in [0.2, 0.25) is 5.91 Å². The minimum Gasteiger partial charge on any atom is -0.439 e. The molecule has 4 heterocycles. The summed E-state index contributed by atoms with van der Waals surface area (Å²) in [7, 11) is 0. The lowest BCUT2D eigenvalue weighted by molar-refractivity contribution is -0.121. The summed E-state index contributed by atoms with van der Waals surface area (Å²) >= 11 is 7.82. The predicted octanol–water partition coefficient (Wildman–Crippen LogP) is 4.26. The monoisotopic (exact) mass is 558 g/mol. The number of hydrogen-bond donors (Lipinski definition) is 2. The number of carbonyl (C=O) groups is 1. The molecule has 3 aromatic heterocycles. The van der Waals surface area contributed by atoms with Crippen LogP contribution in [0.1, 0.15) is 59.9 Å². The zero-order chi connectivity index (χ0) is 29.3. The number of nitrogens with two attached hydrogens (primary N) is 1. The van der Waals surface area contributed by atoms with E-state index in [2.05, 4.69) is 53.0 Å². The van der Waals surface area contributed by atoms with Crippen molar-refractivity contribution in [1.82, 2.24) is 20.1 Å². The molecule has 10 heteroatoms. The Balaban J connectivity index is 1.38. The number of aliphatic imine (C=N–C) groups is 1. The number of fused-ring (bicyclic) bond motifs is 3. The fourth-order valence-corrected chi connectivity index (χ4v) is 5.56. The summed E-state index contributed by atoms with van der Waals surface area (Å²) in [6, 6.07) is 10.1. The topological polar surface area (TPSA) is 111 Å². The number of nitrogens with one attached hydrogen (secondary N) is 1. The molecule has 0 unspecified atom stereocenters. The molecule has 0 spiro atoms. The van der Waals surface area contributed by atoms with Crippen molar-refractivity contribution in [3.05, 3.63) is 86.2 Å². The van der Waals surface area contributed by atoms with Crippen molar-refractivity contribution < 1.29 is 12.0 Å². The SMILES string of the molecule is [2H]C([2H])(N)C#Cc1ccc(C#CCNC(=O)C[C@@H]2N=C(c3ccc(Cl)cc3)c3c(sc(C)c3C)-n3c(C)nnc32)o1. The van der Waals surface area contributed by atoms with Gasteiger partial charge in [-0.1, -0.05) is 35.6 Å². The van der Waals surface area contributed by atoms with Gasteiger partial charge in [-0.25, -0.2) is 0 Å². The smallest absolute Gasteiger partial charge is 0.223 e. The number of aromatic nitrogens is 3. The van der Waals surface area contributed by atoms with Crippen molar-refractivity contribution in [2.75, 3.05) is 13.0 Å². The molecule has 5 rings (SSSR count). The van der Waals surface area contributed by atoms with Crippen LogP contribution >= 0.6 is 22.9 Å². The van der Waals surface area contributed by atoms with Crippen LogP contribution in [-0.4, -0.2) is 39.4 Å². The van der Waals surface area contributed by atoms with Crippen LogP contribution in [-0.2, 0) is 4.79 Å². The van der Waals surface area contributed by atoms with E-state index in [0.29, 0.717) is 16.6 Å². The molecule has 4 aromatic rings. The molecule has 0 fully saturated rings. The molecule has 0 aliphatic carbocycles. The zero-order valence-electron chi connectivity index (χ0n) is 23.4. The first-order valence-corrected chi connectivity index (χ1v) is 13.2. The quantitative estimate of drug-likeness (QED) is 0.364. The maximum atomic E-state index is 13.0. The Bertz CT molecular complexity index is 1790. The fourth-order valence-electron chi connectivity index (χ4n) is 4.22. The highest BCUT2D eigenvalue weighted by Gasteiger charge is 2.32. The summed E-state index contributed by atoms with van der Waals surface area (Å²) in [5.41, 5.74) is 9.01. The van der Waals surface area contributed by atoms with Gasteiger partial charge in [-0.15, -0.1) is 21.5 Å². The average Bonchev–Trinajstić information content (AvgIpc) is 3.59. The fraction of sp³-hybridized carbons (Fsp3) is 0.241. The van der Waals surface area contributed by atoms with Crippen molar-refractivity contribution in [3.63, 3.8) is 0 Å². The second-order valence-corrected chi connectivity index (χ2v) is 10.4. The molecule has 0 radical (unpaired) electrons. The standard InChI is InChI=1S/C29H25ClN6O2S/c1-17-18(2)39-29-26(17)27(20-8-10-21(30)11-9-20)33-24(28-35-34-19(3)36(28)29)16-25(37)32-15-5-7-23-13-12-22(38-23)6-4-14-31/h8-13,24H,14-16,31H2,1-3H3,(H,32,37)/t24-/m0/s1/i14D2. The van der Waals surface area contributed by atoms with Crippen molar-refractivity contribution in [2.24, 2.45) is 10.7 Å². The number of furan rings is 1. The van der Waals surface area contributed by atoms with Crippen LogP contribution in [0.25, 0.3) is 5.00 Å². The van der Waals surface area contributed by atoms with Crippen molar-refractivity contribution in [3.8, 4) is 28.7 Å². The number of carbonyl (C=O) groups excluding carboxylic acids is 1. The van der Waals surface area contributed by atoms with E-state index in [0.717, 1.165) is 33.2 Å². The van der Waals surface area contributed by atoms with E-state index in [-0.39, 0.29) is 24.6 Å². The zero-order valence-corrected chi connectivity index (χ0v) is 23.0. The molecule has 0 saturated heterocycles. The number of aryl methyl sites for hydroxylation is 2. The number of halogens is 1. The molecule has 1 aromatic carbocycles. The Labute approximate surface area is 238 Å². The number of nitrogens with zero attached hydrogens (tertiary/aromatic N) is 4. The lowest BCUT2D eigenvalue weighted by Crippen LogP contribution is -2.25. The van der Waals surface area contributed by atoms with E-state index in [9.17, 15) is 4.79 Å². The Morgan fingerprint density at radius 3 is 2.59 bits per heavy atom. The van der Waals surface area contributed by atoms with Crippen molar-refractivity contribution >= 4 is 34.6 Å². The molecule has 0 bridgehead atoms. The minimum atomic E-state index is -2.12. The highest BCUT2D eigenvalue weighted by atomic mass is 35.5. The van der Waals surface area contributed by atoms with Gasteiger partial charge in [0.25, 0.3) is 0 Å². The second kappa shape index (κ2) is 11.3. The highest BCUT2D eigenvalue weighted by Crippen LogP contribution is 2.39. The van der Waals surface area contributed by atoms with Crippen LogP contribution in [0.2, 0.25) is 5.02 Å². The number of rotatable bonds is 4. The van der Waals surface area contributed by atoms with Crippen LogP contribution < -0.4 is 11.1 Å². The Morgan fingerprint density at radius 1 is 1.15 bits per heavy atom. The minimum absolute atomic E-state index is 0.0471. The molecule has 3 N–H and O–H groups in total. The van der Waals surface area contributed by atoms with Gasteiger partial charge in [-0.2, -0.15) is 0 Å². The van der Waals surface area contributed by atoms with E-state index >= 15 is 0 Å². The molecular weight excluding hydrogens is 532 g/mol. The van der Waals surface area contributed by atoms with E-state index in [1.165, 1.54) is 4.88 Å². The lowest BCUT2D eigenvalue weighted by Gasteiger charge is -2.12. The number of hydrogen-bond acceptors (Lipinski definition) is 7. The maximum Gasteiger partial charge on any atom is 0.223 e. The number of benzene rings is 1. The van der Waals surface area contributed by atoms with E-state index in [1.54, 1.807) is 23.5 Å². The first-order valence-electron chi connectivity index (χ1n) is 13.0. The number of thiophene rings is 1. The van der Waals surface area contributed by atoms with Gasteiger partial charge < -0.3 is 15.5 Å². The molecule has 39 heavy (non-hydrogen) atoms. The molecular formula is C29H25ClN6O2S. The molecule has 1 aliphatic heterocycles. The summed E-state index contributed by atoms with van der Waals surface area (Å²) < 4.78 is 21.9. The summed E-state index contributed by atoms with van der Waals surface area (Å²) in [6.45, 7) is 4.02. The van der Waals surface area contributed by atoms with Crippen LogP contribution in [0.4, 0.5) is 0 Å². The highest BCUT2D eigenvalue weighted by molar-refractivity contribution is 7.15. The lowest BCUT2D eigenvalue weighted by atomic mass is 9.99. The predicted molar refractivity (Wildman–Crippen MR) is 152 cm³/mol. The summed E-state index contributed by atoms with van der Waals surface area (Å²) in [5.74, 6) is 12.1. The first kappa shape index (κ1) is 23.9. The molecule has 1 amide bonds. The first-order chi connectivity index (χ1) is 19.5. The van der Waals surface area contributed by atoms with E-state index < -0.39 is 12.5 Å². The third-order valence-electron chi connectivity index (χ3n) is 6.19. The normalized spacial score (nSPS) is 14.8. The third-order valence-corrected chi connectivity index (χ3v) is 7.63. The van der Waals surface area contributed by atoms with Crippen LogP contribution in [0, 0.1) is 44.5 Å². The van der Waals surface area contributed by atoms with Crippen LogP contribution in [0.15, 0.2) is 45.8 Å². The Kier molecular flexibility index (Phi) is 6.93. The van der Waals surface area contributed by atoms with Crippen LogP contribution in [0.5, 0.6) is 0 Å². The molecule has 1 atom stereocenters. The van der Waals surface area contributed by atoms with Crippen molar-refractivity contribution in [2.45, 2.75) is 33.2 Å². The maximum absolute atomic E-state index is 13.0. The summed E-state index contributed by atoms with van der Waals surface area (Å²) in [5, 5.41) is 13.2. The summed E-state index contributed by atoms with van der Waals surface area (Å²) in [4.78, 5) is 19.3. The molecule has 1 aliphatic rings. The van der Waals surface area contributed by atoms with Gasteiger partial charge in [-0.05, 0) is 62.4 Å². The van der Waals surface area contributed by atoms with Gasteiger partial charge in [0.05, 0.1) is 27.9 Å². The third kappa shape index (κ3) is 5.52. The van der Waals surface area contributed by atoms with Gasteiger partial charge in [0.1, 0.15) is 16.9 Å². The van der Waals surface area contributed by atoms with Crippen LogP contribution in [0.3, 0.4) is 0 Å². The van der Waals surface area contributed by atoms with Gasteiger partial charge in [-0.3, -0.25) is 14.4 Å². The number of amides is 1. The largest absolute Gasteiger partial charge is 0.439 e. The van der Waals surface area contributed by atoms with Gasteiger partial charge in [0, 0.05) is 21.0 Å². The van der Waals surface area contributed by atoms with Crippen molar-refractivity contribution in [1.29, 1.82) is 0 Å².